The molecule has 3 heteroatoms. The quantitative estimate of drug-likeness (QED) is 0.874. The second-order valence-electron chi connectivity index (χ2n) is 4.88. The van der Waals surface area contributed by atoms with Crippen LogP contribution in [0.3, 0.4) is 0 Å². The number of para-hydroxylation sites is 1. The van der Waals surface area contributed by atoms with Crippen molar-refractivity contribution in [2.75, 3.05) is 6.54 Å². The monoisotopic (exact) mass is 273 g/mol. The maximum Gasteiger partial charge on any atom is 0.167 e. The fraction of sp³-hybridized carbons (Fsp3) is 0.294. The van der Waals surface area contributed by atoms with E-state index in [1.165, 1.54) is 6.07 Å². The lowest BCUT2D eigenvalue weighted by Gasteiger charge is -2.14. The van der Waals surface area contributed by atoms with E-state index >= 15 is 0 Å². The molecule has 0 radical (unpaired) electrons. The minimum Gasteiger partial charge on any atom is -0.454 e. The highest BCUT2D eigenvalue weighted by Gasteiger charge is 2.12. The van der Waals surface area contributed by atoms with E-state index in [9.17, 15) is 4.39 Å². The van der Waals surface area contributed by atoms with Crippen molar-refractivity contribution in [1.82, 2.24) is 5.32 Å². The van der Waals surface area contributed by atoms with Crippen molar-refractivity contribution in [3.05, 3.63) is 58.9 Å². The first-order chi connectivity index (χ1) is 9.61. The van der Waals surface area contributed by atoms with Crippen LogP contribution in [-0.2, 0) is 6.54 Å². The summed E-state index contributed by atoms with van der Waals surface area (Å²) in [6, 6.07) is 10.9. The molecule has 0 amide bonds. The Morgan fingerprint density at radius 2 is 1.95 bits per heavy atom. The number of rotatable bonds is 5. The van der Waals surface area contributed by atoms with Gasteiger partial charge in [0.05, 0.1) is 0 Å². The van der Waals surface area contributed by atoms with Gasteiger partial charge in [0.2, 0.25) is 0 Å². The molecule has 2 rings (SSSR count). The molecule has 0 heterocycles. The third kappa shape index (κ3) is 3.36. The normalized spacial score (nSPS) is 10.6. The second kappa shape index (κ2) is 6.53. The molecule has 0 saturated heterocycles. The molecule has 2 nitrogen and oxygen atoms in total. The van der Waals surface area contributed by atoms with Crippen LogP contribution < -0.4 is 10.1 Å². The molecule has 2 aromatic rings. The van der Waals surface area contributed by atoms with Crippen molar-refractivity contribution < 1.29 is 9.13 Å². The maximum absolute atomic E-state index is 14.0. The highest BCUT2D eigenvalue weighted by molar-refractivity contribution is 5.43. The predicted molar refractivity (Wildman–Crippen MR) is 79.8 cm³/mol. The van der Waals surface area contributed by atoms with Crippen LogP contribution in [0.2, 0.25) is 0 Å². The average Bonchev–Trinajstić information content (AvgIpc) is 2.43. The third-order valence-electron chi connectivity index (χ3n) is 3.17. The molecule has 20 heavy (non-hydrogen) atoms. The van der Waals surface area contributed by atoms with Gasteiger partial charge in [-0.05, 0) is 43.7 Å². The first-order valence-electron chi connectivity index (χ1n) is 6.85. The van der Waals surface area contributed by atoms with E-state index in [1.807, 2.05) is 45.0 Å². The van der Waals surface area contributed by atoms with Gasteiger partial charge in [-0.2, -0.15) is 0 Å². The first kappa shape index (κ1) is 14.5. The molecule has 0 aliphatic carbocycles. The Morgan fingerprint density at radius 1 is 1.15 bits per heavy atom. The van der Waals surface area contributed by atoms with Crippen LogP contribution in [0, 0.1) is 19.7 Å². The van der Waals surface area contributed by atoms with Crippen LogP contribution in [0.4, 0.5) is 4.39 Å². The van der Waals surface area contributed by atoms with E-state index in [-0.39, 0.29) is 5.82 Å². The third-order valence-corrected chi connectivity index (χ3v) is 3.17. The van der Waals surface area contributed by atoms with Crippen molar-refractivity contribution in [2.45, 2.75) is 27.3 Å². The zero-order valence-electron chi connectivity index (χ0n) is 12.2. The van der Waals surface area contributed by atoms with Gasteiger partial charge in [0, 0.05) is 12.1 Å². The summed E-state index contributed by atoms with van der Waals surface area (Å²) in [6.45, 7) is 7.39. The Hall–Kier alpha value is -1.87. The Bertz CT molecular complexity index is 596. The fourth-order valence-corrected chi connectivity index (χ4v) is 1.99. The van der Waals surface area contributed by atoms with Crippen molar-refractivity contribution >= 4 is 0 Å². The molecular formula is C17H20FNO. The maximum atomic E-state index is 14.0. The summed E-state index contributed by atoms with van der Waals surface area (Å²) in [5, 5.41) is 3.20. The SMILES string of the molecule is CCNCc1cccc(F)c1Oc1cc(C)ccc1C. The molecule has 0 saturated carbocycles. The van der Waals surface area contributed by atoms with E-state index < -0.39 is 0 Å². The van der Waals surface area contributed by atoms with Gasteiger partial charge in [-0.3, -0.25) is 0 Å². The van der Waals surface area contributed by atoms with Crippen molar-refractivity contribution in [3.8, 4) is 11.5 Å². The number of nitrogens with one attached hydrogen (secondary N) is 1. The minimum absolute atomic E-state index is 0.308. The van der Waals surface area contributed by atoms with Gasteiger partial charge in [0.1, 0.15) is 5.75 Å². The number of halogens is 1. The van der Waals surface area contributed by atoms with Crippen LogP contribution in [0.5, 0.6) is 11.5 Å². The Balaban J connectivity index is 2.34. The smallest absolute Gasteiger partial charge is 0.167 e. The topological polar surface area (TPSA) is 21.3 Å². The molecule has 106 valence electrons. The molecular weight excluding hydrogens is 253 g/mol. The summed E-state index contributed by atoms with van der Waals surface area (Å²) in [5.74, 6) is 0.677. The Morgan fingerprint density at radius 3 is 2.70 bits per heavy atom. The number of ether oxygens (including phenoxy) is 1. The van der Waals surface area contributed by atoms with E-state index in [1.54, 1.807) is 6.07 Å². The molecule has 0 spiro atoms. The standard InChI is InChI=1S/C17H20FNO/c1-4-19-11-14-6-5-7-15(18)17(14)20-16-10-12(2)8-9-13(16)3/h5-10,19H,4,11H2,1-3H3. The van der Waals surface area contributed by atoms with Gasteiger partial charge in [0.15, 0.2) is 11.6 Å². The van der Waals surface area contributed by atoms with Gasteiger partial charge in [-0.1, -0.05) is 31.2 Å². The van der Waals surface area contributed by atoms with E-state index in [0.717, 1.165) is 23.2 Å². The molecule has 0 aliphatic rings. The summed E-state index contributed by atoms with van der Waals surface area (Å²) in [4.78, 5) is 0. The van der Waals surface area contributed by atoms with E-state index in [4.69, 9.17) is 4.74 Å². The Labute approximate surface area is 119 Å². The number of hydrogen-bond acceptors (Lipinski definition) is 2. The van der Waals surface area contributed by atoms with Gasteiger partial charge in [-0.15, -0.1) is 0 Å². The van der Waals surface area contributed by atoms with Crippen LogP contribution >= 0.6 is 0 Å². The summed E-state index contributed by atoms with van der Waals surface area (Å²) in [6.07, 6.45) is 0. The zero-order valence-corrected chi connectivity index (χ0v) is 12.2. The number of benzene rings is 2. The highest BCUT2D eigenvalue weighted by Crippen LogP contribution is 2.31. The van der Waals surface area contributed by atoms with Gasteiger partial charge in [0.25, 0.3) is 0 Å². The van der Waals surface area contributed by atoms with Crippen LogP contribution in [0.1, 0.15) is 23.6 Å². The highest BCUT2D eigenvalue weighted by atomic mass is 19.1. The molecule has 0 aromatic heterocycles. The van der Waals surface area contributed by atoms with E-state index in [2.05, 4.69) is 5.32 Å². The molecule has 0 bridgehead atoms. The molecule has 1 N–H and O–H groups in total. The lowest BCUT2D eigenvalue weighted by Crippen LogP contribution is -2.12. The molecule has 0 fully saturated rings. The summed E-state index contributed by atoms with van der Waals surface area (Å²) in [7, 11) is 0. The lowest BCUT2D eigenvalue weighted by atomic mass is 10.1. The second-order valence-corrected chi connectivity index (χ2v) is 4.88. The predicted octanol–water partition coefficient (Wildman–Crippen LogP) is 4.34. The Kier molecular flexibility index (Phi) is 4.74. The van der Waals surface area contributed by atoms with Crippen molar-refractivity contribution in [3.63, 3.8) is 0 Å². The van der Waals surface area contributed by atoms with Crippen LogP contribution in [0.25, 0.3) is 0 Å². The molecule has 0 atom stereocenters. The number of aryl methyl sites for hydroxylation is 2. The summed E-state index contributed by atoms with van der Waals surface area (Å²) >= 11 is 0. The summed E-state index contributed by atoms with van der Waals surface area (Å²) < 4.78 is 19.9. The molecule has 0 aliphatic heterocycles. The average molecular weight is 273 g/mol. The first-order valence-corrected chi connectivity index (χ1v) is 6.85. The summed E-state index contributed by atoms with van der Waals surface area (Å²) in [5.41, 5.74) is 2.91. The van der Waals surface area contributed by atoms with Crippen LogP contribution in [-0.4, -0.2) is 6.54 Å². The number of hydrogen-bond donors (Lipinski definition) is 1. The zero-order chi connectivity index (χ0) is 14.5. The van der Waals surface area contributed by atoms with Gasteiger partial charge >= 0.3 is 0 Å². The largest absolute Gasteiger partial charge is 0.454 e. The minimum atomic E-state index is -0.332. The fourth-order valence-electron chi connectivity index (χ4n) is 1.99. The van der Waals surface area contributed by atoms with E-state index in [0.29, 0.717) is 18.0 Å². The lowest BCUT2D eigenvalue weighted by molar-refractivity contribution is 0.431. The molecule has 2 aromatic carbocycles. The van der Waals surface area contributed by atoms with Crippen molar-refractivity contribution in [1.29, 1.82) is 0 Å². The van der Waals surface area contributed by atoms with Crippen LogP contribution in [0.15, 0.2) is 36.4 Å². The van der Waals surface area contributed by atoms with Gasteiger partial charge in [-0.25, -0.2) is 4.39 Å². The molecule has 0 unspecified atom stereocenters. The van der Waals surface area contributed by atoms with Crippen molar-refractivity contribution in [2.24, 2.45) is 0 Å². The van der Waals surface area contributed by atoms with Gasteiger partial charge < -0.3 is 10.1 Å².